The normalized spacial score (nSPS) is 12.2. The summed E-state index contributed by atoms with van der Waals surface area (Å²) in [6.07, 6.45) is 0.916. The van der Waals surface area contributed by atoms with Crippen LogP contribution in [0, 0.1) is 0 Å². The third-order valence-electron chi connectivity index (χ3n) is 6.01. The zero-order valence-electron chi connectivity index (χ0n) is 19.5. The van der Waals surface area contributed by atoms with Crippen LogP contribution in [0.4, 0.5) is 0 Å². The fourth-order valence-electron chi connectivity index (χ4n) is 4.12. The summed E-state index contributed by atoms with van der Waals surface area (Å²) in [4.78, 5) is 26.1. The van der Waals surface area contributed by atoms with Gasteiger partial charge >= 0.3 is 0 Å². The Labute approximate surface area is 206 Å². The van der Waals surface area contributed by atoms with E-state index >= 15 is 0 Å². The van der Waals surface area contributed by atoms with Crippen LogP contribution in [0.1, 0.15) is 31.0 Å². The lowest BCUT2D eigenvalue weighted by atomic mass is 10.1. The number of para-hydroxylation sites is 1. The summed E-state index contributed by atoms with van der Waals surface area (Å²) in [5, 5.41) is 12.9. The van der Waals surface area contributed by atoms with Crippen molar-refractivity contribution in [2.75, 3.05) is 5.75 Å². The maximum atomic E-state index is 13.4. The van der Waals surface area contributed by atoms with Crippen molar-refractivity contribution < 1.29 is 4.79 Å². The molecule has 0 aliphatic heterocycles. The lowest BCUT2D eigenvalue weighted by molar-refractivity contribution is -0.119. The highest BCUT2D eigenvalue weighted by molar-refractivity contribution is 7.99. The SMILES string of the molecule is CCc1ccc(-n2c(=O)c3ccccc3n3c(SCC(=O)NC(C)c4ccccc4)nnc23)cc1. The number of fused-ring (bicyclic) bond motifs is 3. The van der Waals surface area contributed by atoms with Crippen molar-refractivity contribution in [3.8, 4) is 5.69 Å². The van der Waals surface area contributed by atoms with E-state index in [-0.39, 0.29) is 23.3 Å². The van der Waals surface area contributed by atoms with E-state index in [1.54, 1.807) is 10.6 Å². The summed E-state index contributed by atoms with van der Waals surface area (Å²) in [5.74, 6) is 0.491. The Balaban J connectivity index is 1.50. The van der Waals surface area contributed by atoms with Crippen LogP contribution in [0.25, 0.3) is 22.4 Å². The summed E-state index contributed by atoms with van der Waals surface area (Å²) in [6, 6.07) is 25.0. The first-order valence-corrected chi connectivity index (χ1v) is 12.5. The standard InChI is InChI=1S/C27H25N5O2S/c1-3-19-13-15-21(16-14-19)31-25(34)22-11-7-8-12-23(22)32-26(31)29-30-27(32)35-17-24(33)28-18(2)20-9-5-4-6-10-20/h4-16,18H,3,17H2,1-2H3,(H,28,33). The fourth-order valence-corrected chi connectivity index (χ4v) is 4.88. The molecule has 1 N–H and O–H groups in total. The molecule has 7 nitrogen and oxygen atoms in total. The Hall–Kier alpha value is -3.91. The molecular formula is C27H25N5O2S. The molecule has 0 spiro atoms. The van der Waals surface area contributed by atoms with Crippen LogP contribution in [0.5, 0.6) is 0 Å². The topological polar surface area (TPSA) is 81.3 Å². The number of benzene rings is 3. The molecule has 2 aromatic heterocycles. The molecule has 1 amide bonds. The summed E-state index contributed by atoms with van der Waals surface area (Å²) >= 11 is 1.29. The van der Waals surface area contributed by atoms with Crippen molar-refractivity contribution in [2.45, 2.75) is 31.5 Å². The van der Waals surface area contributed by atoms with Crippen molar-refractivity contribution in [2.24, 2.45) is 0 Å². The molecule has 5 aromatic rings. The van der Waals surface area contributed by atoms with Crippen LogP contribution >= 0.6 is 11.8 Å². The van der Waals surface area contributed by atoms with Gasteiger partial charge < -0.3 is 5.32 Å². The molecule has 8 heteroatoms. The lowest BCUT2D eigenvalue weighted by Gasteiger charge is -2.14. The maximum absolute atomic E-state index is 13.4. The number of nitrogens with zero attached hydrogens (tertiary/aromatic N) is 4. The summed E-state index contributed by atoms with van der Waals surface area (Å²) in [5.41, 5.74) is 3.51. The second-order valence-corrected chi connectivity index (χ2v) is 9.23. The molecule has 2 heterocycles. The van der Waals surface area contributed by atoms with E-state index in [2.05, 4.69) is 22.4 Å². The average Bonchev–Trinajstić information content (AvgIpc) is 3.32. The Kier molecular flexibility index (Phi) is 6.37. The van der Waals surface area contributed by atoms with Gasteiger partial charge in [-0.1, -0.05) is 73.3 Å². The number of amides is 1. The first-order chi connectivity index (χ1) is 17.1. The van der Waals surface area contributed by atoms with Crippen molar-refractivity contribution in [3.05, 3.63) is 100 Å². The number of carbonyl (C=O) groups is 1. The molecule has 1 unspecified atom stereocenters. The number of aryl methyl sites for hydroxylation is 1. The van der Waals surface area contributed by atoms with E-state index in [1.165, 1.54) is 17.3 Å². The molecule has 0 bridgehead atoms. The van der Waals surface area contributed by atoms with E-state index in [0.717, 1.165) is 17.7 Å². The molecule has 35 heavy (non-hydrogen) atoms. The van der Waals surface area contributed by atoms with Gasteiger partial charge in [0.05, 0.1) is 28.4 Å². The first-order valence-electron chi connectivity index (χ1n) is 11.5. The zero-order valence-corrected chi connectivity index (χ0v) is 20.3. The van der Waals surface area contributed by atoms with Gasteiger partial charge in [0.1, 0.15) is 0 Å². The molecule has 0 saturated carbocycles. The minimum Gasteiger partial charge on any atom is -0.349 e. The van der Waals surface area contributed by atoms with Crippen molar-refractivity contribution in [3.63, 3.8) is 0 Å². The quantitative estimate of drug-likeness (QED) is 0.343. The molecular weight excluding hydrogens is 458 g/mol. The minimum absolute atomic E-state index is 0.100. The number of aromatic nitrogens is 4. The van der Waals surface area contributed by atoms with Crippen molar-refractivity contribution in [1.82, 2.24) is 24.5 Å². The van der Waals surface area contributed by atoms with E-state index in [9.17, 15) is 9.59 Å². The Bertz CT molecular complexity index is 1560. The van der Waals surface area contributed by atoms with Gasteiger partial charge in [0.15, 0.2) is 5.16 Å². The second-order valence-electron chi connectivity index (χ2n) is 8.28. The highest BCUT2D eigenvalue weighted by Gasteiger charge is 2.19. The van der Waals surface area contributed by atoms with Crippen LogP contribution in [0.15, 0.2) is 88.8 Å². The van der Waals surface area contributed by atoms with Crippen molar-refractivity contribution in [1.29, 1.82) is 0 Å². The summed E-state index contributed by atoms with van der Waals surface area (Å²) in [7, 11) is 0. The van der Waals surface area contributed by atoms with Gasteiger partial charge in [0, 0.05) is 0 Å². The third-order valence-corrected chi connectivity index (χ3v) is 6.94. The summed E-state index contributed by atoms with van der Waals surface area (Å²) in [6.45, 7) is 4.05. The van der Waals surface area contributed by atoms with Gasteiger partial charge in [-0.2, -0.15) is 0 Å². The number of carbonyl (C=O) groups excluding carboxylic acids is 1. The Morgan fingerprint density at radius 1 is 0.971 bits per heavy atom. The Morgan fingerprint density at radius 2 is 1.69 bits per heavy atom. The van der Waals surface area contributed by atoms with Gasteiger partial charge in [-0.05, 0) is 48.7 Å². The maximum Gasteiger partial charge on any atom is 0.267 e. The van der Waals surface area contributed by atoms with E-state index in [4.69, 9.17) is 0 Å². The lowest BCUT2D eigenvalue weighted by Crippen LogP contribution is -2.28. The van der Waals surface area contributed by atoms with E-state index < -0.39 is 0 Å². The largest absolute Gasteiger partial charge is 0.349 e. The van der Waals surface area contributed by atoms with Crippen molar-refractivity contribution >= 4 is 34.3 Å². The first kappa shape index (κ1) is 22.9. The van der Waals surface area contributed by atoms with Crippen LogP contribution in [0.3, 0.4) is 0 Å². The highest BCUT2D eigenvalue weighted by atomic mass is 32.2. The van der Waals surface area contributed by atoms with Crippen LogP contribution < -0.4 is 10.9 Å². The number of rotatable bonds is 7. The van der Waals surface area contributed by atoms with Crippen LogP contribution in [-0.2, 0) is 11.2 Å². The average molecular weight is 484 g/mol. The second kappa shape index (κ2) is 9.76. The van der Waals surface area contributed by atoms with Gasteiger partial charge in [-0.25, -0.2) is 4.57 Å². The number of nitrogens with one attached hydrogen (secondary N) is 1. The Morgan fingerprint density at radius 3 is 2.43 bits per heavy atom. The number of thioether (sulfide) groups is 1. The summed E-state index contributed by atoms with van der Waals surface area (Å²) < 4.78 is 3.43. The van der Waals surface area contributed by atoms with E-state index in [0.29, 0.717) is 21.8 Å². The molecule has 3 aromatic carbocycles. The predicted octanol–water partition coefficient (Wildman–Crippen LogP) is 4.57. The minimum atomic E-state index is -0.157. The molecule has 0 radical (unpaired) electrons. The molecule has 5 rings (SSSR count). The molecule has 0 aliphatic rings. The monoisotopic (exact) mass is 483 g/mol. The van der Waals surface area contributed by atoms with Gasteiger partial charge in [-0.3, -0.25) is 14.0 Å². The molecule has 176 valence electrons. The van der Waals surface area contributed by atoms with Gasteiger partial charge in [-0.15, -0.1) is 10.2 Å². The fraction of sp³-hybridized carbons (Fsp3) is 0.185. The zero-order chi connectivity index (χ0) is 24.4. The smallest absolute Gasteiger partial charge is 0.267 e. The number of hydrogen-bond donors (Lipinski definition) is 1. The van der Waals surface area contributed by atoms with Crippen LogP contribution in [-0.4, -0.2) is 30.8 Å². The van der Waals surface area contributed by atoms with Crippen LogP contribution in [0.2, 0.25) is 0 Å². The highest BCUT2D eigenvalue weighted by Crippen LogP contribution is 2.23. The number of hydrogen-bond acceptors (Lipinski definition) is 5. The third kappa shape index (κ3) is 4.44. The molecule has 0 fully saturated rings. The predicted molar refractivity (Wildman–Crippen MR) is 139 cm³/mol. The van der Waals surface area contributed by atoms with Gasteiger partial charge in [0.2, 0.25) is 11.7 Å². The molecule has 0 saturated heterocycles. The van der Waals surface area contributed by atoms with Gasteiger partial charge in [0.25, 0.3) is 5.56 Å². The van der Waals surface area contributed by atoms with E-state index in [1.807, 2.05) is 84.1 Å². The molecule has 1 atom stereocenters. The molecule has 0 aliphatic carbocycles.